The first-order chi connectivity index (χ1) is 42.8. The molecule has 18 unspecified atom stereocenters. The molecule has 24 nitrogen and oxygen atoms in total. The first-order valence-electron chi connectivity index (χ1n) is 34.3. The van der Waals surface area contributed by atoms with E-state index >= 15 is 0 Å². The fourth-order valence-electron chi connectivity index (χ4n) is 11.5. The van der Waals surface area contributed by atoms with Crippen molar-refractivity contribution in [2.24, 2.45) is 0 Å². The minimum Gasteiger partial charge on any atom is -0.463 e. The highest BCUT2D eigenvalue weighted by Crippen LogP contribution is 2.49. The van der Waals surface area contributed by atoms with Crippen LogP contribution in [0.15, 0.2) is 0 Å². The molecule has 2 saturated heterocycles. The summed E-state index contributed by atoms with van der Waals surface area (Å²) in [5.74, 6) is -1.98. The van der Waals surface area contributed by atoms with E-state index in [0.717, 1.165) is 96.3 Å². The predicted octanol–water partition coefficient (Wildman–Crippen LogP) is 7.45. The molecule has 3 fully saturated rings. The van der Waals surface area contributed by atoms with Crippen LogP contribution in [0.1, 0.15) is 258 Å². The maximum absolute atomic E-state index is 14.3. The van der Waals surface area contributed by atoms with Gasteiger partial charge in [-0.05, 0) is 19.3 Å². The summed E-state index contributed by atoms with van der Waals surface area (Å²) in [4.78, 5) is 50.7. The summed E-state index contributed by atoms with van der Waals surface area (Å²) in [6.45, 7) is 3.38. The summed E-state index contributed by atoms with van der Waals surface area (Å²) in [5.41, 5.74) is 0. The zero-order chi connectivity index (χ0) is 65.4. The molecule has 3 rings (SSSR count). The molecule has 25 heteroatoms. The van der Waals surface area contributed by atoms with Gasteiger partial charge in [-0.1, -0.05) is 220 Å². The Balaban J connectivity index is 1.78. The Labute approximate surface area is 530 Å². The Bertz CT molecular complexity index is 1870. The average molecular weight is 1300 g/mol. The van der Waals surface area contributed by atoms with E-state index in [0.29, 0.717) is 19.3 Å². The van der Waals surface area contributed by atoms with E-state index in [9.17, 15) is 74.9 Å². The molecule has 11 N–H and O–H groups in total. The topological polar surface area (TPSA) is 374 Å². The second-order valence-corrected chi connectivity index (χ2v) is 26.3. The molecule has 524 valence electrons. The van der Waals surface area contributed by atoms with E-state index < -0.39 is 156 Å². The Kier molecular flexibility index (Phi) is 43.6. The van der Waals surface area contributed by atoms with Gasteiger partial charge in [0.1, 0.15) is 98.7 Å². The van der Waals surface area contributed by atoms with E-state index in [1.54, 1.807) is 0 Å². The van der Waals surface area contributed by atoms with Crippen LogP contribution in [0, 0.1) is 0 Å². The lowest BCUT2D eigenvalue weighted by atomic mass is 9.84. The van der Waals surface area contributed by atoms with Crippen molar-refractivity contribution in [3.8, 4) is 0 Å². The number of hydrogen-bond acceptors (Lipinski definition) is 23. The van der Waals surface area contributed by atoms with Gasteiger partial charge in [0.15, 0.2) is 18.7 Å². The normalized spacial score (nSPS) is 29.1. The molecule has 0 aromatic rings. The van der Waals surface area contributed by atoms with E-state index in [1.807, 2.05) is 0 Å². The molecule has 0 amide bonds. The molecule has 2 aliphatic heterocycles. The first-order valence-corrected chi connectivity index (χ1v) is 35.8. The Morgan fingerprint density at radius 3 is 1.10 bits per heavy atom. The van der Waals surface area contributed by atoms with Crippen molar-refractivity contribution >= 4 is 25.7 Å². The molecule has 0 radical (unpaired) electrons. The molecule has 0 aromatic heterocycles. The number of esters is 3. The van der Waals surface area contributed by atoms with Gasteiger partial charge in [0.05, 0.1) is 13.2 Å². The van der Waals surface area contributed by atoms with Crippen molar-refractivity contribution in [1.29, 1.82) is 0 Å². The third-order valence-corrected chi connectivity index (χ3v) is 18.1. The molecule has 1 aliphatic carbocycles. The standard InChI is InChI=1S/C64H119O24P/c1-4-7-10-13-16-19-22-25-27-30-33-36-39-49(67)81-44-47-52(70)54(72)59(77)64(85-47)87-61-57(75)55(73)56(74)60(86-63-58(76)53(71)51(69)46(41-65)84-63)62(61)88-89(78,79)82-43-45(83-50(68)40-37-34-31-28-24-21-18-15-12-9-6-3)42-80-48(66)38-35-32-29-26-23-20-17-14-11-8-5-2/h45-47,51-65,69-77H,4-44H2,1-3H3,(H,78,79). The Morgan fingerprint density at radius 2 is 0.719 bits per heavy atom. The molecule has 0 bridgehead atoms. The van der Waals surface area contributed by atoms with Crippen LogP contribution in [0.25, 0.3) is 0 Å². The van der Waals surface area contributed by atoms with E-state index in [1.165, 1.54) is 103 Å². The van der Waals surface area contributed by atoms with Gasteiger partial charge in [-0.25, -0.2) is 4.57 Å². The SMILES string of the molecule is CCCCCCCCCCCCCCC(=O)OCC1OC(OC2C(O)C(O)C(O)C(OC3OC(CO)C(O)C(O)C3O)C2OP(=O)(O)OCC(COC(=O)CCCCCCCCCCCCC)OC(=O)CCCCCCCCCCCCC)C(O)C(O)C1O. The van der Waals surface area contributed by atoms with Gasteiger partial charge in [-0.15, -0.1) is 0 Å². The van der Waals surface area contributed by atoms with Crippen molar-refractivity contribution in [2.45, 2.75) is 362 Å². The lowest BCUT2D eigenvalue weighted by Gasteiger charge is -2.49. The van der Waals surface area contributed by atoms with Crippen LogP contribution < -0.4 is 0 Å². The van der Waals surface area contributed by atoms with E-state index in [-0.39, 0.29) is 19.3 Å². The quantitative estimate of drug-likeness (QED) is 0.0122. The molecule has 3 aliphatic rings. The maximum Gasteiger partial charge on any atom is 0.472 e. The first kappa shape index (κ1) is 81.2. The number of carbonyl (C=O) groups excluding carboxylic acids is 3. The minimum absolute atomic E-state index is 0.0330. The molecule has 2 heterocycles. The maximum atomic E-state index is 14.3. The lowest BCUT2D eigenvalue weighted by Crippen LogP contribution is -2.69. The van der Waals surface area contributed by atoms with Gasteiger partial charge in [0.25, 0.3) is 0 Å². The lowest BCUT2D eigenvalue weighted by molar-refractivity contribution is -0.360. The minimum atomic E-state index is -5.68. The Hall–Kier alpha value is -2.04. The highest BCUT2D eigenvalue weighted by atomic mass is 31.2. The molecule has 0 aromatic carbocycles. The smallest absolute Gasteiger partial charge is 0.463 e. The van der Waals surface area contributed by atoms with Crippen LogP contribution in [0.5, 0.6) is 0 Å². The third-order valence-electron chi connectivity index (χ3n) is 17.1. The number of ether oxygens (including phenoxy) is 7. The summed E-state index contributed by atoms with van der Waals surface area (Å²) in [7, 11) is -5.68. The zero-order valence-corrected chi connectivity index (χ0v) is 54.9. The number of aliphatic hydroxyl groups excluding tert-OH is 10. The van der Waals surface area contributed by atoms with Gasteiger partial charge < -0.3 is 89.1 Å². The van der Waals surface area contributed by atoms with Gasteiger partial charge in [0, 0.05) is 19.3 Å². The van der Waals surface area contributed by atoms with Gasteiger partial charge in [0.2, 0.25) is 0 Å². The van der Waals surface area contributed by atoms with Crippen LogP contribution in [0.4, 0.5) is 0 Å². The molecule has 0 spiro atoms. The monoisotopic (exact) mass is 1300 g/mol. The largest absolute Gasteiger partial charge is 0.472 e. The highest BCUT2D eigenvalue weighted by molar-refractivity contribution is 7.47. The number of aliphatic hydroxyl groups is 10. The van der Waals surface area contributed by atoms with Crippen LogP contribution in [-0.4, -0.2) is 204 Å². The number of rotatable bonds is 52. The van der Waals surface area contributed by atoms with Crippen LogP contribution in [-0.2, 0) is 61.2 Å². The van der Waals surface area contributed by atoms with Crippen molar-refractivity contribution in [2.75, 3.05) is 26.4 Å². The Morgan fingerprint density at radius 1 is 0.393 bits per heavy atom. The van der Waals surface area contributed by atoms with Gasteiger partial charge >= 0.3 is 25.7 Å². The number of phosphoric ester groups is 1. The van der Waals surface area contributed by atoms with Crippen LogP contribution in [0.2, 0.25) is 0 Å². The van der Waals surface area contributed by atoms with Crippen LogP contribution in [0.3, 0.4) is 0 Å². The molecular weight excluding hydrogens is 1180 g/mol. The zero-order valence-electron chi connectivity index (χ0n) is 54.0. The van der Waals surface area contributed by atoms with Crippen molar-refractivity contribution in [1.82, 2.24) is 0 Å². The number of phosphoric acid groups is 1. The van der Waals surface area contributed by atoms with Crippen LogP contribution >= 0.6 is 7.82 Å². The third kappa shape index (κ3) is 32.3. The second kappa shape index (κ2) is 47.8. The van der Waals surface area contributed by atoms with E-state index in [4.69, 9.17) is 42.2 Å². The summed E-state index contributed by atoms with van der Waals surface area (Å²) in [5, 5.41) is 110. The summed E-state index contributed by atoms with van der Waals surface area (Å²) < 4.78 is 64.7. The summed E-state index contributed by atoms with van der Waals surface area (Å²) >= 11 is 0. The van der Waals surface area contributed by atoms with Gasteiger partial charge in [-0.3, -0.25) is 23.4 Å². The van der Waals surface area contributed by atoms with Gasteiger partial charge in [-0.2, -0.15) is 0 Å². The highest BCUT2D eigenvalue weighted by Gasteiger charge is 2.58. The molecule has 18 atom stereocenters. The predicted molar refractivity (Wildman–Crippen MR) is 329 cm³/mol. The molecular formula is C64H119O24P. The number of hydrogen-bond donors (Lipinski definition) is 11. The number of unbranched alkanes of at least 4 members (excludes halogenated alkanes) is 31. The molecule has 89 heavy (non-hydrogen) atoms. The van der Waals surface area contributed by atoms with Crippen molar-refractivity contribution in [3.05, 3.63) is 0 Å². The number of carbonyl (C=O) groups is 3. The van der Waals surface area contributed by atoms with Crippen molar-refractivity contribution < 1.29 is 117 Å². The average Bonchev–Trinajstić information content (AvgIpc) is 0.894. The fourth-order valence-corrected chi connectivity index (χ4v) is 12.4. The molecule has 1 saturated carbocycles. The summed E-state index contributed by atoms with van der Waals surface area (Å²) in [6.07, 6.45) is 0.855. The van der Waals surface area contributed by atoms with E-state index in [2.05, 4.69) is 20.8 Å². The van der Waals surface area contributed by atoms with Crippen molar-refractivity contribution in [3.63, 3.8) is 0 Å². The summed E-state index contributed by atoms with van der Waals surface area (Å²) in [6, 6.07) is 0. The fraction of sp³-hybridized carbons (Fsp3) is 0.953. The second-order valence-electron chi connectivity index (χ2n) is 24.9.